The van der Waals surface area contributed by atoms with Crippen LogP contribution < -0.4 is 5.56 Å². The SMILES string of the molecule is Cc1ccc(CSc2nc3ccccc3c(=O)n2-c2cc(Cl)ccc2Cl)cc1. The average Bonchev–Trinajstić information content (AvgIpc) is 2.70. The summed E-state index contributed by atoms with van der Waals surface area (Å²) in [7, 11) is 0. The summed E-state index contributed by atoms with van der Waals surface area (Å²) < 4.78 is 1.55. The van der Waals surface area contributed by atoms with Crippen molar-refractivity contribution in [3.8, 4) is 5.69 Å². The van der Waals surface area contributed by atoms with Gasteiger partial charge in [0.15, 0.2) is 5.16 Å². The number of hydrogen-bond donors (Lipinski definition) is 0. The van der Waals surface area contributed by atoms with Crippen LogP contribution in [-0.4, -0.2) is 9.55 Å². The first kappa shape index (κ1) is 19.1. The molecule has 0 amide bonds. The zero-order valence-corrected chi connectivity index (χ0v) is 17.4. The smallest absolute Gasteiger partial charge is 0.266 e. The summed E-state index contributed by atoms with van der Waals surface area (Å²) >= 11 is 14.1. The molecule has 0 saturated carbocycles. The number of fused-ring (bicyclic) bond motifs is 1. The second kappa shape index (κ2) is 8.00. The van der Waals surface area contributed by atoms with Crippen LogP contribution in [0.2, 0.25) is 10.0 Å². The summed E-state index contributed by atoms with van der Waals surface area (Å²) in [6, 6.07) is 20.7. The van der Waals surface area contributed by atoms with Crippen molar-refractivity contribution in [2.45, 2.75) is 17.8 Å². The van der Waals surface area contributed by atoms with Gasteiger partial charge in [-0.15, -0.1) is 0 Å². The highest BCUT2D eigenvalue weighted by molar-refractivity contribution is 7.98. The summed E-state index contributed by atoms with van der Waals surface area (Å²) in [5.74, 6) is 0.684. The third-order valence-electron chi connectivity index (χ3n) is 4.38. The summed E-state index contributed by atoms with van der Waals surface area (Å²) in [4.78, 5) is 18.0. The van der Waals surface area contributed by atoms with Gasteiger partial charge in [0.1, 0.15) is 0 Å². The molecule has 0 atom stereocenters. The molecular weight excluding hydrogens is 411 g/mol. The maximum Gasteiger partial charge on any atom is 0.266 e. The summed E-state index contributed by atoms with van der Waals surface area (Å²) in [5.41, 5.74) is 3.39. The Morgan fingerprint density at radius 1 is 1.00 bits per heavy atom. The van der Waals surface area contributed by atoms with Gasteiger partial charge in [-0.3, -0.25) is 9.36 Å². The number of rotatable bonds is 4. The predicted molar refractivity (Wildman–Crippen MR) is 118 cm³/mol. The first-order valence-corrected chi connectivity index (χ1v) is 10.4. The molecule has 28 heavy (non-hydrogen) atoms. The van der Waals surface area contributed by atoms with E-state index in [4.69, 9.17) is 28.2 Å². The number of para-hydroxylation sites is 1. The van der Waals surface area contributed by atoms with Crippen LogP contribution in [0.25, 0.3) is 16.6 Å². The molecule has 6 heteroatoms. The molecule has 140 valence electrons. The van der Waals surface area contributed by atoms with Crippen LogP contribution in [-0.2, 0) is 5.75 Å². The Balaban J connectivity index is 1.87. The van der Waals surface area contributed by atoms with E-state index in [0.29, 0.717) is 37.5 Å². The van der Waals surface area contributed by atoms with E-state index in [0.717, 1.165) is 5.56 Å². The van der Waals surface area contributed by atoms with Crippen LogP contribution in [0.3, 0.4) is 0 Å². The molecule has 4 rings (SSSR count). The Labute approximate surface area is 176 Å². The largest absolute Gasteiger partial charge is 0.268 e. The molecular formula is C22H16Cl2N2OS. The fourth-order valence-electron chi connectivity index (χ4n) is 2.91. The van der Waals surface area contributed by atoms with Crippen molar-refractivity contribution in [1.29, 1.82) is 0 Å². The Hall–Kier alpha value is -2.27. The van der Waals surface area contributed by atoms with Crippen molar-refractivity contribution in [2.75, 3.05) is 0 Å². The lowest BCUT2D eigenvalue weighted by atomic mass is 10.2. The molecule has 0 aliphatic rings. The molecule has 0 N–H and O–H groups in total. The third-order valence-corrected chi connectivity index (χ3v) is 5.95. The zero-order valence-electron chi connectivity index (χ0n) is 15.0. The van der Waals surface area contributed by atoms with Crippen LogP contribution in [0, 0.1) is 6.92 Å². The topological polar surface area (TPSA) is 34.9 Å². The van der Waals surface area contributed by atoms with Crippen molar-refractivity contribution >= 4 is 45.9 Å². The van der Waals surface area contributed by atoms with Gasteiger partial charge in [0, 0.05) is 10.8 Å². The van der Waals surface area contributed by atoms with Gasteiger partial charge >= 0.3 is 0 Å². The molecule has 0 unspecified atom stereocenters. The fourth-order valence-corrected chi connectivity index (χ4v) is 4.24. The second-order valence-electron chi connectivity index (χ2n) is 6.42. The van der Waals surface area contributed by atoms with Crippen molar-refractivity contribution in [3.05, 3.63) is 98.3 Å². The Morgan fingerprint density at radius 3 is 2.54 bits per heavy atom. The van der Waals surface area contributed by atoms with E-state index < -0.39 is 0 Å². The average molecular weight is 427 g/mol. The molecule has 0 aliphatic heterocycles. The lowest BCUT2D eigenvalue weighted by Gasteiger charge is -2.15. The Bertz CT molecular complexity index is 1220. The van der Waals surface area contributed by atoms with Crippen molar-refractivity contribution in [1.82, 2.24) is 9.55 Å². The highest BCUT2D eigenvalue weighted by atomic mass is 35.5. The van der Waals surface area contributed by atoms with Gasteiger partial charge in [-0.1, -0.05) is 76.9 Å². The Kier molecular flexibility index (Phi) is 5.44. The molecule has 0 fully saturated rings. The molecule has 0 spiro atoms. The summed E-state index contributed by atoms with van der Waals surface area (Å²) in [5, 5.41) is 2.07. The van der Waals surface area contributed by atoms with E-state index in [1.165, 1.54) is 17.3 Å². The van der Waals surface area contributed by atoms with Crippen LogP contribution >= 0.6 is 35.0 Å². The maximum atomic E-state index is 13.3. The number of halogens is 2. The van der Waals surface area contributed by atoms with Crippen LogP contribution in [0.1, 0.15) is 11.1 Å². The van der Waals surface area contributed by atoms with Gasteiger partial charge in [0.25, 0.3) is 5.56 Å². The molecule has 1 aromatic heterocycles. The van der Waals surface area contributed by atoms with Crippen molar-refractivity contribution in [2.24, 2.45) is 0 Å². The quantitative estimate of drug-likeness (QED) is 0.284. The van der Waals surface area contributed by atoms with E-state index in [9.17, 15) is 4.79 Å². The number of aryl methyl sites for hydroxylation is 1. The van der Waals surface area contributed by atoms with Crippen LogP contribution in [0.5, 0.6) is 0 Å². The minimum Gasteiger partial charge on any atom is -0.268 e. The fraction of sp³-hybridized carbons (Fsp3) is 0.0909. The lowest BCUT2D eigenvalue weighted by molar-refractivity contribution is 0.820. The van der Waals surface area contributed by atoms with E-state index in [1.807, 2.05) is 18.2 Å². The van der Waals surface area contributed by atoms with Gasteiger partial charge in [-0.05, 0) is 42.8 Å². The lowest BCUT2D eigenvalue weighted by Crippen LogP contribution is -2.22. The van der Waals surface area contributed by atoms with Crippen LogP contribution in [0.4, 0.5) is 0 Å². The standard InChI is InChI=1S/C22H16Cl2N2OS/c1-14-6-8-15(9-7-14)13-28-22-25-19-5-3-2-4-17(19)21(27)26(22)20-12-16(23)10-11-18(20)24/h2-12H,13H2,1H3. The monoisotopic (exact) mass is 426 g/mol. The molecule has 0 radical (unpaired) electrons. The van der Waals surface area contributed by atoms with E-state index >= 15 is 0 Å². The molecule has 3 nitrogen and oxygen atoms in total. The minimum absolute atomic E-state index is 0.166. The molecule has 1 heterocycles. The van der Waals surface area contributed by atoms with E-state index in [1.54, 1.807) is 28.8 Å². The maximum absolute atomic E-state index is 13.3. The second-order valence-corrected chi connectivity index (χ2v) is 8.21. The number of nitrogens with zero attached hydrogens (tertiary/aromatic N) is 2. The molecule has 0 bridgehead atoms. The first-order valence-electron chi connectivity index (χ1n) is 8.68. The van der Waals surface area contributed by atoms with Crippen molar-refractivity contribution in [3.63, 3.8) is 0 Å². The minimum atomic E-state index is -0.166. The van der Waals surface area contributed by atoms with Crippen LogP contribution in [0.15, 0.2) is 76.7 Å². The van der Waals surface area contributed by atoms with E-state index in [2.05, 4.69) is 31.2 Å². The van der Waals surface area contributed by atoms with E-state index in [-0.39, 0.29) is 5.56 Å². The van der Waals surface area contributed by atoms with Crippen molar-refractivity contribution < 1.29 is 0 Å². The van der Waals surface area contributed by atoms with Gasteiger partial charge in [-0.2, -0.15) is 0 Å². The summed E-state index contributed by atoms with van der Waals surface area (Å²) in [6.45, 7) is 2.06. The summed E-state index contributed by atoms with van der Waals surface area (Å²) in [6.07, 6.45) is 0. The van der Waals surface area contributed by atoms with Gasteiger partial charge in [0.05, 0.1) is 21.6 Å². The highest BCUT2D eigenvalue weighted by Crippen LogP contribution is 2.29. The van der Waals surface area contributed by atoms with Gasteiger partial charge in [0.2, 0.25) is 0 Å². The number of aromatic nitrogens is 2. The third kappa shape index (κ3) is 3.81. The number of benzene rings is 3. The molecule has 4 aromatic rings. The van der Waals surface area contributed by atoms with Gasteiger partial charge < -0.3 is 0 Å². The Morgan fingerprint density at radius 2 is 1.75 bits per heavy atom. The molecule has 0 saturated heterocycles. The molecule has 0 aliphatic carbocycles. The predicted octanol–water partition coefficient (Wildman–Crippen LogP) is 6.29. The molecule has 3 aromatic carbocycles. The number of thioether (sulfide) groups is 1. The zero-order chi connectivity index (χ0) is 19.7. The first-order chi connectivity index (χ1) is 13.5. The number of hydrogen-bond acceptors (Lipinski definition) is 3. The normalized spacial score (nSPS) is 11.1. The van der Waals surface area contributed by atoms with Gasteiger partial charge in [-0.25, -0.2) is 4.98 Å². The highest BCUT2D eigenvalue weighted by Gasteiger charge is 2.16.